The first-order valence-corrected chi connectivity index (χ1v) is 7.46. The van der Waals surface area contributed by atoms with Crippen molar-refractivity contribution in [3.63, 3.8) is 0 Å². The van der Waals surface area contributed by atoms with E-state index in [0.717, 1.165) is 11.1 Å². The van der Waals surface area contributed by atoms with Gasteiger partial charge in [-0.3, -0.25) is 0 Å². The fraction of sp³-hybridized carbons (Fsp3) is 0.500. The molecule has 1 aliphatic heterocycles. The third kappa shape index (κ3) is 3.66. The van der Waals surface area contributed by atoms with Gasteiger partial charge in [0.1, 0.15) is 6.67 Å². The van der Waals surface area contributed by atoms with Crippen LogP contribution in [0.3, 0.4) is 0 Å². The van der Waals surface area contributed by atoms with Crippen molar-refractivity contribution in [1.29, 1.82) is 0 Å². The number of halogens is 2. The average Bonchev–Trinajstić information content (AvgIpc) is 2.37. The van der Waals surface area contributed by atoms with Gasteiger partial charge in [0.25, 0.3) is 0 Å². The summed E-state index contributed by atoms with van der Waals surface area (Å²) in [5, 5.41) is 3.05. The summed E-state index contributed by atoms with van der Waals surface area (Å²) < 4.78 is 38.7. The van der Waals surface area contributed by atoms with Crippen LogP contribution in [0.25, 0.3) is 0 Å². The number of fused-ring (bicyclic) bond motifs is 1. The SMILES string of the molecule is CCNS(=O)(=O)c1ccc2c(c1)CN[C@@H](CF)C2.Cl. The van der Waals surface area contributed by atoms with Gasteiger partial charge in [0, 0.05) is 19.1 Å². The number of hydrogen-bond acceptors (Lipinski definition) is 3. The van der Waals surface area contributed by atoms with Gasteiger partial charge in [-0.15, -0.1) is 12.4 Å². The summed E-state index contributed by atoms with van der Waals surface area (Å²) in [7, 11) is -3.41. The molecule has 1 aromatic carbocycles. The molecule has 0 radical (unpaired) electrons. The summed E-state index contributed by atoms with van der Waals surface area (Å²) in [6.45, 7) is 2.21. The topological polar surface area (TPSA) is 58.2 Å². The predicted octanol–water partition coefficient (Wildman–Crippen LogP) is 1.39. The van der Waals surface area contributed by atoms with Crippen molar-refractivity contribution >= 4 is 22.4 Å². The molecule has 108 valence electrons. The van der Waals surface area contributed by atoms with E-state index in [4.69, 9.17) is 0 Å². The molecule has 2 N–H and O–H groups in total. The van der Waals surface area contributed by atoms with Crippen molar-refractivity contribution < 1.29 is 12.8 Å². The zero-order valence-corrected chi connectivity index (χ0v) is 12.3. The maximum Gasteiger partial charge on any atom is 0.240 e. The number of rotatable bonds is 4. The van der Waals surface area contributed by atoms with Crippen LogP contribution in [0.2, 0.25) is 0 Å². The van der Waals surface area contributed by atoms with Crippen LogP contribution in [-0.4, -0.2) is 27.7 Å². The Bertz CT molecular complexity index is 537. The largest absolute Gasteiger partial charge is 0.307 e. The highest BCUT2D eigenvalue weighted by Crippen LogP contribution is 2.21. The third-order valence-corrected chi connectivity index (χ3v) is 4.60. The quantitative estimate of drug-likeness (QED) is 0.884. The maximum absolute atomic E-state index is 12.6. The molecular weight excluding hydrogens is 291 g/mol. The molecule has 0 saturated heterocycles. The van der Waals surface area contributed by atoms with E-state index in [0.29, 0.717) is 19.5 Å². The van der Waals surface area contributed by atoms with Gasteiger partial charge in [-0.05, 0) is 29.7 Å². The van der Waals surface area contributed by atoms with E-state index in [9.17, 15) is 12.8 Å². The molecule has 0 fully saturated rings. The van der Waals surface area contributed by atoms with Crippen LogP contribution < -0.4 is 10.0 Å². The minimum atomic E-state index is -3.41. The Morgan fingerprint density at radius 3 is 2.79 bits per heavy atom. The van der Waals surface area contributed by atoms with Crippen LogP contribution in [0.15, 0.2) is 23.1 Å². The van der Waals surface area contributed by atoms with Crippen molar-refractivity contribution in [2.24, 2.45) is 0 Å². The molecule has 0 saturated carbocycles. The summed E-state index contributed by atoms with van der Waals surface area (Å²) in [5.41, 5.74) is 1.95. The van der Waals surface area contributed by atoms with Crippen molar-refractivity contribution in [3.8, 4) is 0 Å². The van der Waals surface area contributed by atoms with E-state index >= 15 is 0 Å². The summed E-state index contributed by atoms with van der Waals surface area (Å²) in [4.78, 5) is 0.267. The number of sulfonamides is 1. The van der Waals surface area contributed by atoms with Crippen LogP contribution in [0.4, 0.5) is 4.39 Å². The van der Waals surface area contributed by atoms with Crippen LogP contribution in [-0.2, 0) is 23.0 Å². The van der Waals surface area contributed by atoms with E-state index in [-0.39, 0.29) is 23.3 Å². The molecule has 19 heavy (non-hydrogen) atoms. The lowest BCUT2D eigenvalue weighted by molar-refractivity contribution is 0.358. The lowest BCUT2D eigenvalue weighted by Crippen LogP contribution is -2.37. The molecule has 2 rings (SSSR count). The van der Waals surface area contributed by atoms with Crippen LogP contribution in [0.1, 0.15) is 18.1 Å². The Morgan fingerprint density at radius 2 is 2.16 bits per heavy atom. The van der Waals surface area contributed by atoms with Gasteiger partial charge >= 0.3 is 0 Å². The third-order valence-electron chi connectivity index (χ3n) is 3.06. The van der Waals surface area contributed by atoms with Gasteiger partial charge in [-0.1, -0.05) is 13.0 Å². The number of benzene rings is 1. The van der Waals surface area contributed by atoms with Gasteiger partial charge in [-0.25, -0.2) is 17.5 Å². The van der Waals surface area contributed by atoms with Crippen LogP contribution in [0, 0.1) is 0 Å². The summed E-state index contributed by atoms with van der Waals surface area (Å²) in [6, 6.07) is 4.86. The number of hydrogen-bond donors (Lipinski definition) is 2. The zero-order chi connectivity index (χ0) is 13.2. The normalized spacial score (nSPS) is 18.5. The number of alkyl halides is 1. The lowest BCUT2D eigenvalue weighted by atomic mass is 9.96. The Morgan fingerprint density at radius 1 is 1.42 bits per heavy atom. The minimum absolute atomic E-state index is 0. The molecule has 1 atom stereocenters. The Kier molecular flexibility index (Phi) is 5.73. The first-order chi connectivity index (χ1) is 8.56. The fourth-order valence-electron chi connectivity index (χ4n) is 2.11. The molecule has 1 aromatic rings. The van der Waals surface area contributed by atoms with E-state index < -0.39 is 16.7 Å². The Labute approximate surface area is 119 Å². The minimum Gasteiger partial charge on any atom is -0.307 e. The molecule has 4 nitrogen and oxygen atoms in total. The van der Waals surface area contributed by atoms with Gasteiger partial charge in [0.2, 0.25) is 10.0 Å². The lowest BCUT2D eigenvalue weighted by Gasteiger charge is -2.24. The second kappa shape index (κ2) is 6.65. The first-order valence-electron chi connectivity index (χ1n) is 5.97. The zero-order valence-electron chi connectivity index (χ0n) is 10.6. The van der Waals surface area contributed by atoms with E-state index in [2.05, 4.69) is 10.0 Å². The highest BCUT2D eigenvalue weighted by atomic mass is 35.5. The van der Waals surface area contributed by atoms with Gasteiger partial charge in [-0.2, -0.15) is 0 Å². The Hall–Kier alpha value is -0.690. The van der Waals surface area contributed by atoms with Crippen LogP contribution in [0.5, 0.6) is 0 Å². The van der Waals surface area contributed by atoms with Gasteiger partial charge in [0.05, 0.1) is 4.90 Å². The molecule has 0 spiro atoms. The molecule has 0 bridgehead atoms. The van der Waals surface area contributed by atoms with Crippen molar-refractivity contribution in [2.75, 3.05) is 13.2 Å². The Balaban J connectivity index is 0.00000180. The molecule has 0 unspecified atom stereocenters. The maximum atomic E-state index is 12.6. The summed E-state index contributed by atoms with van der Waals surface area (Å²) >= 11 is 0. The molecule has 0 amide bonds. The predicted molar refractivity (Wildman–Crippen MR) is 74.9 cm³/mol. The van der Waals surface area contributed by atoms with Crippen molar-refractivity contribution in [1.82, 2.24) is 10.0 Å². The van der Waals surface area contributed by atoms with Crippen molar-refractivity contribution in [3.05, 3.63) is 29.3 Å². The number of nitrogens with one attached hydrogen (secondary N) is 2. The monoisotopic (exact) mass is 308 g/mol. The molecule has 0 aromatic heterocycles. The molecule has 1 aliphatic rings. The molecule has 0 aliphatic carbocycles. The first kappa shape index (κ1) is 16.4. The van der Waals surface area contributed by atoms with Crippen molar-refractivity contribution in [2.45, 2.75) is 30.8 Å². The van der Waals surface area contributed by atoms with E-state index in [1.165, 1.54) is 0 Å². The second-order valence-corrected chi connectivity index (χ2v) is 6.14. The van der Waals surface area contributed by atoms with E-state index in [1.54, 1.807) is 25.1 Å². The summed E-state index contributed by atoms with van der Waals surface area (Å²) in [5.74, 6) is 0. The average molecular weight is 309 g/mol. The van der Waals surface area contributed by atoms with Gasteiger partial charge < -0.3 is 5.32 Å². The van der Waals surface area contributed by atoms with Gasteiger partial charge in [0.15, 0.2) is 0 Å². The van der Waals surface area contributed by atoms with Crippen LogP contribution >= 0.6 is 12.4 Å². The second-order valence-electron chi connectivity index (χ2n) is 4.37. The highest BCUT2D eigenvalue weighted by molar-refractivity contribution is 7.89. The molecule has 7 heteroatoms. The smallest absolute Gasteiger partial charge is 0.240 e. The standard InChI is InChI=1S/C12H17FN2O2S.ClH/c1-2-15-18(16,17)12-4-3-9-5-11(7-13)14-8-10(9)6-12;/h3-4,6,11,14-15H,2,5,7-8H2,1H3;1H/t11-;/m1./s1. The molecule has 1 heterocycles. The summed E-state index contributed by atoms with van der Waals surface area (Å²) in [6.07, 6.45) is 0.605. The fourth-order valence-corrected chi connectivity index (χ4v) is 3.20. The van der Waals surface area contributed by atoms with E-state index in [1.807, 2.05) is 0 Å². The molecular formula is C12H18ClFN2O2S. The highest BCUT2D eigenvalue weighted by Gasteiger charge is 2.20.